The number of aliphatic imine (C=N–C) groups is 4. The van der Waals surface area contributed by atoms with Crippen molar-refractivity contribution in [1.82, 2.24) is 18.3 Å². The van der Waals surface area contributed by atoms with Crippen molar-refractivity contribution in [2.75, 3.05) is 0 Å². The fourth-order valence-corrected chi connectivity index (χ4v) is 11.1. The highest BCUT2D eigenvalue weighted by atomic mass is 15.3. The van der Waals surface area contributed by atoms with Crippen LogP contribution in [-0.2, 0) is 0 Å². The summed E-state index contributed by atoms with van der Waals surface area (Å²) in [4.78, 5) is 21.9. The Hall–Kier alpha value is -9.32. The lowest BCUT2D eigenvalue weighted by Crippen LogP contribution is -2.33. The first-order valence-corrected chi connectivity index (χ1v) is 23.3. The van der Waals surface area contributed by atoms with Crippen LogP contribution >= 0.6 is 0 Å². The lowest BCUT2D eigenvalue weighted by Gasteiger charge is -2.28. The van der Waals surface area contributed by atoms with E-state index in [4.69, 9.17) is 26.4 Å². The van der Waals surface area contributed by atoms with Gasteiger partial charge in [-0.05, 0) is 67.1 Å². The van der Waals surface area contributed by atoms with E-state index in [2.05, 4.69) is 206 Å². The fraction of sp³-hybridized carbons (Fsp3) is 0.0492. The molecule has 2 atom stereocenters. The molecule has 2 unspecified atom stereocenters. The average molecular weight is 885 g/mol. The molecule has 0 saturated heterocycles. The van der Waals surface area contributed by atoms with Crippen LogP contribution < -0.4 is 0 Å². The zero-order valence-electron chi connectivity index (χ0n) is 37.4. The quantitative estimate of drug-likeness (QED) is 0.158. The summed E-state index contributed by atoms with van der Waals surface area (Å²) in [6, 6.07) is 65.9. The van der Waals surface area contributed by atoms with E-state index in [1.54, 1.807) is 0 Å². The molecule has 6 heterocycles. The number of terminal acetylenes is 1. The first-order valence-electron chi connectivity index (χ1n) is 23.3. The first kappa shape index (κ1) is 38.9. The van der Waals surface area contributed by atoms with Crippen LogP contribution in [0.1, 0.15) is 29.8 Å². The van der Waals surface area contributed by atoms with Gasteiger partial charge in [-0.1, -0.05) is 152 Å². The molecule has 0 aliphatic carbocycles. The summed E-state index contributed by atoms with van der Waals surface area (Å²) in [5, 5.41) is 7.77. The molecule has 0 radical (unpaired) electrons. The third-order valence-electron chi connectivity index (χ3n) is 14.0. The van der Waals surface area contributed by atoms with Gasteiger partial charge in [0.15, 0.2) is 0 Å². The zero-order chi connectivity index (χ0) is 45.7. The monoisotopic (exact) mass is 884 g/mol. The van der Waals surface area contributed by atoms with Crippen LogP contribution in [-0.4, -0.2) is 42.2 Å². The molecule has 69 heavy (non-hydrogen) atoms. The van der Waals surface area contributed by atoms with Crippen molar-refractivity contribution in [3.63, 3.8) is 0 Å². The first-order chi connectivity index (χ1) is 34.2. The molecule has 0 amide bonds. The van der Waals surface area contributed by atoms with E-state index in [1.807, 2.05) is 31.3 Å². The van der Waals surface area contributed by atoms with Crippen molar-refractivity contribution >= 4 is 106 Å². The van der Waals surface area contributed by atoms with Crippen LogP contribution in [0.4, 0.5) is 0 Å². The summed E-state index contributed by atoms with van der Waals surface area (Å²) < 4.78 is 9.02. The average Bonchev–Trinajstić information content (AvgIpc) is 4.13. The number of benzene rings is 8. The molecule has 2 aliphatic heterocycles. The number of para-hydroxylation sites is 5. The number of nitrogens with zero attached hydrogens (tertiary/aromatic N) is 8. The molecule has 0 saturated carbocycles. The number of aromatic nitrogens is 4. The number of hydrogen-bond acceptors (Lipinski definition) is 4. The minimum atomic E-state index is -0.343. The van der Waals surface area contributed by atoms with Gasteiger partial charge in [-0.25, -0.2) is 9.98 Å². The van der Waals surface area contributed by atoms with Crippen molar-refractivity contribution in [2.45, 2.75) is 13.0 Å². The Bertz CT molecular complexity index is 4320. The van der Waals surface area contributed by atoms with Gasteiger partial charge in [0.1, 0.15) is 11.5 Å². The molecule has 4 aromatic heterocycles. The largest absolute Gasteiger partial charge is 0.309 e. The van der Waals surface area contributed by atoms with Crippen LogP contribution in [0.3, 0.4) is 0 Å². The number of amidine groups is 1. The third-order valence-corrected chi connectivity index (χ3v) is 14.0. The van der Waals surface area contributed by atoms with Gasteiger partial charge < -0.3 is 4.57 Å². The van der Waals surface area contributed by atoms with E-state index >= 15 is 0 Å². The Labute approximate surface area is 396 Å². The highest BCUT2D eigenvalue weighted by Crippen LogP contribution is 2.43. The van der Waals surface area contributed by atoms with E-state index in [1.165, 1.54) is 5.39 Å². The minimum Gasteiger partial charge on any atom is -0.309 e. The molecule has 8 aromatic carbocycles. The van der Waals surface area contributed by atoms with Crippen molar-refractivity contribution in [1.29, 1.82) is 0 Å². The second kappa shape index (κ2) is 15.1. The molecule has 0 fully saturated rings. The predicted octanol–water partition coefficient (Wildman–Crippen LogP) is 13.9. The smallest absolute Gasteiger partial charge is 0.236 e. The van der Waals surface area contributed by atoms with Gasteiger partial charge in [-0.2, -0.15) is 9.98 Å². The van der Waals surface area contributed by atoms with Gasteiger partial charge in [0.25, 0.3) is 0 Å². The second-order valence-electron chi connectivity index (χ2n) is 17.7. The number of hydrogen-bond donors (Lipinski definition) is 0. The summed E-state index contributed by atoms with van der Waals surface area (Å²) in [7, 11) is 0. The van der Waals surface area contributed by atoms with Gasteiger partial charge >= 0.3 is 0 Å². The van der Waals surface area contributed by atoms with E-state index in [9.17, 15) is 0 Å². The highest BCUT2D eigenvalue weighted by Gasteiger charge is 2.36. The fourth-order valence-electron chi connectivity index (χ4n) is 11.1. The van der Waals surface area contributed by atoms with Crippen molar-refractivity contribution < 1.29 is 0 Å². The van der Waals surface area contributed by atoms with E-state index in [0.717, 1.165) is 99.1 Å². The maximum absolute atomic E-state index is 6.43. The number of rotatable bonds is 4. The molecule has 14 rings (SSSR count). The van der Waals surface area contributed by atoms with Crippen molar-refractivity contribution in [3.8, 4) is 23.7 Å². The van der Waals surface area contributed by atoms with Gasteiger partial charge in [0.05, 0.1) is 50.6 Å². The Morgan fingerprint density at radius 2 is 1.00 bits per heavy atom. The van der Waals surface area contributed by atoms with Crippen molar-refractivity contribution in [2.24, 2.45) is 25.9 Å². The van der Waals surface area contributed by atoms with Gasteiger partial charge in [0, 0.05) is 60.9 Å². The van der Waals surface area contributed by atoms with Crippen molar-refractivity contribution in [3.05, 3.63) is 211 Å². The molecule has 0 bridgehead atoms. The molecular weight excluding hydrogens is 845 g/mol. The molecular formula is C61H40N8. The number of allylic oxidation sites excluding steroid dienone is 1. The predicted molar refractivity (Wildman–Crippen MR) is 287 cm³/mol. The Morgan fingerprint density at radius 3 is 1.64 bits per heavy atom. The molecule has 8 nitrogen and oxygen atoms in total. The summed E-state index contributed by atoms with van der Waals surface area (Å²) in [5.74, 6) is 4.48. The van der Waals surface area contributed by atoms with E-state index in [-0.39, 0.29) is 12.0 Å². The summed E-state index contributed by atoms with van der Waals surface area (Å²) in [6.45, 7) is 2.03. The topological polar surface area (TPSA) is 69.2 Å². The Morgan fingerprint density at radius 1 is 0.478 bits per heavy atom. The van der Waals surface area contributed by atoms with Crippen LogP contribution in [0.15, 0.2) is 214 Å². The van der Waals surface area contributed by atoms with E-state index in [0.29, 0.717) is 17.8 Å². The molecule has 0 N–H and O–H groups in total. The highest BCUT2D eigenvalue weighted by molar-refractivity contribution is 6.27. The third kappa shape index (κ3) is 5.65. The maximum atomic E-state index is 6.43. The normalized spacial score (nSPS) is 16.0. The molecule has 8 heteroatoms. The summed E-state index contributed by atoms with van der Waals surface area (Å²) in [5.41, 5.74) is 12.2. The minimum absolute atomic E-state index is 0.320. The standard InChI is InChI=1S/C61H40N8/c1-3-20-41-45-33-34-46-42-27-14-19-32-53(42)69(58(46)57(45)67(50(41)4-2)40-25-12-7-13-26-40)60-62-37-49-56(38-21-8-5-9-22-38)63-61(65-59(49)64-60)68-52-31-18-16-29-44(52)48-35-54-47(36-55(48)68)43-28-15-17-30-51(43)66(54)39-23-10-6-11-24-39/h2-3,5-37,49,56H,1H3/b20-3-. The Kier molecular flexibility index (Phi) is 8.52. The molecule has 2 aliphatic rings. The van der Waals surface area contributed by atoms with Gasteiger partial charge in [-0.15, -0.1) is 6.42 Å². The van der Waals surface area contributed by atoms with Gasteiger partial charge in [0.2, 0.25) is 11.9 Å². The number of fused-ring (bicyclic) bond motifs is 12. The van der Waals surface area contributed by atoms with Gasteiger partial charge in [-0.3, -0.25) is 13.7 Å². The van der Waals surface area contributed by atoms with Crippen LogP contribution in [0, 0.1) is 18.3 Å². The Balaban J connectivity index is 1.04. The lowest BCUT2D eigenvalue weighted by molar-refractivity contribution is 0.664. The van der Waals surface area contributed by atoms with Crippen LogP contribution in [0.2, 0.25) is 0 Å². The maximum Gasteiger partial charge on any atom is 0.236 e. The zero-order valence-corrected chi connectivity index (χ0v) is 37.4. The second-order valence-corrected chi connectivity index (χ2v) is 17.7. The molecule has 324 valence electrons. The van der Waals surface area contributed by atoms with Crippen LogP contribution in [0.25, 0.3) is 93.8 Å². The SMILES string of the molecule is C#Cc1c(/C=C\C)c2ccc3c4ccccc4n(C4=NC5=NC(n6c7ccccc7c7cc8c(cc76)c6ccccc6n8-c6ccccc6)=NC(c6ccccc6)C5C=N4)c3c2n1-c1ccccc1. The van der Waals surface area contributed by atoms with E-state index < -0.39 is 0 Å². The molecule has 0 spiro atoms. The van der Waals surface area contributed by atoms with Crippen LogP contribution in [0.5, 0.6) is 0 Å². The molecule has 12 aromatic rings. The summed E-state index contributed by atoms with van der Waals surface area (Å²) in [6.07, 6.45) is 12.6. The summed E-state index contributed by atoms with van der Waals surface area (Å²) >= 11 is 0. The lowest BCUT2D eigenvalue weighted by atomic mass is 9.92.